The van der Waals surface area contributed by atoms with Gasteiger partial charge in [-0.1, -0.05) is 36.9 Å². The Bertz CT molecular complexity index is 400. The van der Waals surface area contributed by atoms with E-state index in [0.717, 1.165) is 25.6 Å². The first-order valence-electron chi connectivity index (χ1n) is 6.78. The molecular formula is C15H25NO3Si. The van der Waals surface area contributed by atoms with E-state index in [0.29, 0.717) is 0 Å². The van der Waals surface area contributed by atoms with Crippen LogP contribution in [-0.2, 0) is 19.8 Å². The molecule has 1 aromatic carbocycles. The summed E-state index contributed by atoms with van der Waals surface area (Å²) in [5.41, 5.74) is 2.44. The minimum atomic E-state index is -2.42. The van der Waals surface area contributed by atoms with Gasteiger partial charge in [0.15, 0.2) is 0 Å². The highest BCUT2D eigenvalue weighted by molar-refractivity contribution is 6.60. The zero-order chi connectivity index (χ0) is 14.8. The summed E-state index contributed by atoms with van der Waals surface area (Å²) in [6, 6.07) is 9.07. The minimum absolute atomic E-state index is 0.812. The Balaban J connectivity index is 2.33. The van der Waals surface area contributed by atoms with Crippen LogP contribution in [0.25, 0.3) is 6.08 Å². The van der Waals surface area contributed by atoms with Gasteiger partial charge in [0.25, 0.3) is 0 Å². The molecule has 1 rings (SSSR count). The zero-order valence-corrected chi connectivity index (χ0v) is 13.6. The molecule has 0 aromatic heterocycles. The highest BCUT2D eigenvalue weighted by Crippen LogP contribution is 2.14. The standard InChI is InChI=1S/C15H25NO3Si/c1-5-14-9-6-7-10-15(14)13-16-11-8-12-20(17-2,18-3)19-4/h5-7,9-10,16H,1,8,11-13H2,2-4H3. The average molecular weight is 295 g/mol. The number of hydrogen-bond donors (Lipinski definition) is 1. The number of nitrogens with one attached hydrogen (secondary N) is 1. The van der Waals surface area contributed by atoms with Crippen molar-refractivity contribution in [1.29, 1.82) is 0 Å². The summed E-state index contributed by atoms with van der Waals surface area (Å²) in [7, 11) is 2.52. The SMILES string of the molecule is C=Cc1ccccc1CNCCC[Si](OC)(OC)OC. The molecule has 112 valence electrons. The lowest BCUT2D eigenvalue weighted by molar-refractivity contribution is 0.123. The van der Waals surface area contributed by atoms with Crippen molar-refractivity contribution in [2.75, 3.05) is 27.9 Å². The fourth-order valence-corrected chi connectivity index (χ4v) is 3.83. The number of hydrogen-bond acceptors (Lipinski definition) is 4. The molecule has 0 spiro atoms. The van der Waals surface area contributed by atoms with E-state index in [1.807, 2.05) is 18.2 Å². The van der Waals surface area contributed by atoms with Gasteiger partial charge < -0.3 is 18.6 Å². The van der Waals surface area contributed by atoms with Crippen LogP contribution in [0.4, 0.5) is 0 Å². The summed E-state index contributed by atoms with van der Waals surface area (Å²) in [6.07, 6.45) is 2.84. The zero-order valence-electron chi connectivity index (χ0n) is 12.6. The van der Waals surface area contributed by atoms with Crippen LogP contribution in [0.15, 0.2) is 30.8 Å². The lowest BCUT2D eigenvalue weighted by Crippen LogP contribution is -2.43. The van der Waals surface area contributed by atoms with E-state index >= 15 is 0 Å². The average Bonchev–Trinajstić information content (AvgIpc) is 2.52. The molecule has 1 aromatic rings. The molecule has 0 heterocycles. The van der Waals surface area contributed by atoms with Crippen LogP contribution in [0.5, 0.6) is 0 Å². The second kappa shape index (κ2) is 9.04. The summed E-state index contributed by atoms with van der Waals surface area (Å²) in [4.78, 5) is 0. The van der Waals surface area contributed by atoms with Crippen LogP contribution < -0.4 is 5.32 Å². The summed E-state index contributed by atoms with van der Waals surface area (Å²) >= 11 is 0. The molecule has 0 radical (unpaired) electrons. The third-order valence-corrected chi connectivity index (χ3v) is 6.19. The van der Waals surface area contributed by atoms with Gasteiger partial charge in [0.05, 0.1) is 0 Å². The summed E-state index contributed by atoms with van der Waals surface area (Å²) in [5, 5.41) is 3.43. The van der Waals surface area contributed by atoms with E-state index in [1.165, 1.54) is 11.1 Å². The van der Waals surface area contributed by atoms with Crippen LogP contribution in [-0.4, -0.2) is 36.7 Å². The quantitative estimate of drug-likeness (QED) is 0.532. The van der Waals surface area contributed by atoms with E-state index < -0.39 is 8.80 Å². The Morgan fingerprint density at radius 1 is 1.15 bits per heavy atom. The Labute approximate surface area is 123 Å². The van der Waals surface area contributed by atoms with Gasteiger partial charge >= 0.3 is 8.80 Å². The van der Waals surface area contributed by atoms with Gasteiger partial charge in [0.1, 0.15) is 0 Å². The Morgan fingerprint density at radius 2 is 1.80 bits per heavy atom. The molecule has 0 amide bonds. The van der Waals surface area contributed by atoms with Crippen molar-refractivity contribution in [1.82, 2.24) is 5.32 Å². The van der Waals surface area contributed by atoms with Crippen molar-refractivity contribution in [2.24, 2.45) is 0 Å². The first-order valence-corrected chi connectivity index (χ1v) is 8.71. The molecule has 0 bridgehead atoms. The Morgan fingerprint density at radius 3 is 2.40 bits per heavy atom. The van der Waals surface area contributed by atoms with Crippen molar-refractivity contribution in [3.63, 3.8) is 0 Å². The largest absolute Gasteiger partial charge is 0.500 e. The maximum absolute atomic E-state index is 5.39. The first kappa shape index (κ1) is 17.1. The third-order valence-electron chi connectivity index (χ3n) is 3.36. The van der Waals surface area contributed by atoms with Gasteiger partial charge in [-0.05, 0) is 24.1 Å². The van der Waals surface area contributed by atoms with Gasteiger partial charge in [-0.3, -0.25) is 0 Å². The van der Waals surface area contributed by atoms with E-state index in [1.54, 1.807) is 21.3 Å². The van der Waals surface area contributed by atoms with E-state index in [9.17, 15) is 0 Å². The van der Waals surface area contributed by atoms with Gasteiger partial charge in [0.2, 0.25) is 0 Å². The highest BCUT2D eigenvalue weighted by atomic mass is 28.4. The molecule has 0 aliphatic rings. The number of benzene rings is 1. The van der Waals surface area contributed by atoms with E-state index in [-0.39, 0.29) is 0 Å². The molecule has 0 aliphatic heterocycles. The van der Waals surface area contributed by atoms with E-state index in [2.05, 4.69) is 24.0 Å². The topological polar surface area (TPSA) is 39.7 Å². The molecule has 4 nitrogen and oxygen atoms in total. The van der Waals surface area contributed by atoms with Gasteiger partial charge in [-0.2, -0.15) is 0 Å². The predicted molar refractivity (Wildman–Crippen MR) is 84.4 cm³/mol. The molecule has 0 fully saturated rings. The minimum Gasteiger partial charge on any atom is -0.377 e. The maximum atomic E-state index is 5.39. The lowest BCUT2D eigenvalue weighted by atomic mass is 10.1. The first-order chi connectivity index (χ1) is 9.71. The summed E-state index contributed by atoms with van der Waals surface area (Å²) in [6.45, 7) is 5.57. The van der Waals surface area contributed by atoms with Crippen molar-refractivity contribution in [3.8, 4) is 0 Å². The second-order valence-corrected chi connectivity index (χ2v) is 7.57. The van der Waals surface area contributed by atoms with Crippen molar-refractivity contribution in [2.45, 2.75) is 19.0 Å². The lowest BCUT2D eigenvalue weighted by Gasteiger charge is -2.24. The molecule has 1 N–H and O–H groups in total. The summed E-state index contributed by atoms with van der Waals surface area (Å²) < 4.78 is 16.2. The molecular weight excluding hydrogens is 270 g/mol. The van der Waals surface area contributed by atoms with Crippen molar-refractivity contribution >= 4 is 14.9 Å². The van der Waals surface area contributed by atoms with Crippen LogP contribution in [0, 0.1) is 0 Å². The van der Waals surface area contributed by atoms with Crippen LogP contribution in [0.1, 0.15) is 17.5 Å². The van der Waals surface area contributed by atoms with Crippen molar-refractivity contribution in [3.05, 3.63) is 42.0 Å². The molecule has 0 unspecified atom stereocenters. The van der Waals surface area contributed by atoms with Gasteiger partial charge in [-0.15, -0.1) is 0 Å². The fraction of sp³-hybridized carbons (Fsp3) is 0.467. The van der Waals surface area contributed by atoms with Gasteiger partial charge in [-0.25, -0.2) is 0 Å². The molecule has 5 heteroatoms. The molecule has 0 saturated carbocycles. The molecule has 0 saturated heterocycles. The monoisotopic (exact) mass is 295 g/mol. The van der Waals surface area contributed by atoms with Crippen LogP contribution >= 0.6 is 0 Å². The second-order valence-electron chi connectivity index (χ2n) is 4.48. The Hall–Kier alpha value is -0.983. The molecule has 0 aliphatic carbocycles. The summed E-state index contributed by atoms with van der Waals surface area (Å²) in [5.74, 6) is 0. The van der Waals surface area contributed by atoms with Crippen molar-refractivity contribution < 1.29 is 13.3 Å². The molecule has 0 atom stereocenters. The smallest absolute Gasteiger partial charge is 0.377 e. The highest BCUT2D eigenvalue weighted by Gasteiger charge is 2.36. The molecule has 20 heavy (non-hydrogen) atoms. The normalized spacial score (nSPS) is 11.6. The number of rotatable bonds is 10. The van der Waals surface area contributed by atoms with Gasteiger partial charge in [0, 0.05) is 33.9 Å². The third kappa shape index (κ3) is 4.85. The predicted octanol–water partition coefficient (Wildman–Crippen LogP) is 2.69. The maximum Gasteiger partial charge on any atom is 0.500 e. The van der Waals surface area contributed by atoms with E-state index in [4.69, 9.17) is 13.3 Å². The van der Waals surface area contributed by atoms with Crippen LogP contribution in [0.3, 0.4) is 0 Å². The van der Waals surface area contributed by atoms with Crippen LogP contribution in [0.2, 0.25) is 6.04 Å². The Kier molecular flexibility index (Phi) is 7.72. The fourth-order valence-electron chi connectivity index (χ4n) is 2.10.